The summed E-state index contributed by atoms with van der Waals surface area (Å²) in [5.74, 6) is -1.50. The number of urea groups is 1. The molecule has 0 saturated carbocycles. The van der Waals surface area contributed by atoms with E-state index in [0.29, 0.717) is 26.2 Å². The lowest BCUT2D eigenvalue weighted by atomic mass is 9.98. The minimum absolute atomic E-state index is 0.207. The number of ether oxygens (including phenoxy) is 1. The number of carboxylic acid groups (broad SMARTS) is 1. The molecule has 130 valence electrons. The SMILES string of the molecule is CCOC(=O)[C@H]1CCCN(C(=O)NCc2ccc(C(=O)O)cc2)C1. The molecule has 1 heterocycles. The number of carbonyl (C=O) groups is 3. The number of rotatable bonds is 5. The van der Waals surface area contributed by atoms with Crippen molar-refractivity contribution in [3.8, 4) is 0 Å². The van der Waals surface area contributed by atoms with Gasteiger partial charge in [0.1, 0.15) is 0 Å². The van der Waals surface area contributed by atoms with E-state index in [4.69, 9.17) is 9.84 Å². The number of esters is 1. The lowest BCUT2D eigenvalue weighted by molar-refractivity contribution is -0.149. The Bertz CT molecular complexity index is 600. The number of nitrogens with one attached hydrogen (secondary N) is 1. The number of likely N-dealkylation sites (tertiary alicyclic amines) is 1. The second-order valence-electron chi connectivity index (χ2n) is 5.70. The minimum Gasteiger partial charge on any atom is -0.478 e. The minimum atomic E-state index is -0.982. The van der Waals surface area contributed by atoms with Crippen molar-refractivity contribution >= 4 is 18.0 Å². The Balaban J connectivity index is 1.85. The molecule has 0 aromatic heterocycles. The molecule has 1 aromatic rings. The van der Waals surface area contributed by atoms with E-state index in [0.717, 1.165) is 18.4 Å². The van der Waals surface area contributed by atoms with Crippen molar-refractivity contribution in [2.75, 3.05) is 19.7 Å². The molecule has 1 aromatic carbocycles. The van der Waals surface area contributed by atoms with Gasteiger partial charge in [0.05, 0.1) is 18.1 Å². The molecule has 2 N–H and O–H groups in total. The molecule has 7 heteroatoms. The Morgan fingerprint density at radius 2 is 2.00 bits per heavy atom. The number of carboxylic acids is 1. The Labute approximate surface area is 140 Å². The third-order valence-electron chi connectivity index (χ3n) is 3.97. The highest BCUT2D eigenvalue weighted by molar-refractivity contribution is 5.87. The molecule has 1 aliphatic rings. The van der Waals surface area contributed by atoms with Gasteiger partial charge in [-0.2, -0.15) is 0 Å². The summed E-state index contributed by atoms with van der Waals surface area (Å²) in [5, 5.41) is 11.7. The molecular weight excluding hydrogens is 312 g/mol. The van der Waals surface area contributed by atoms with Crippen molar-refractivity contribution in [3.63, 3.8) is 0 Å². The van der Waals surface area contributed by atoms with Crippen LogP contribution in [0.4, 0.5) is 4.79 Å². The van der Waals surface area contributed by atoms with E-state index in [9.17, 15) is 14.4 Å². The topological polar surface area (TPSA) is 95.9 Å². The summed E-state index contributed by atoms with van der Waals surface area (Å²) in [5.41, 5.74) is 1.02. The highest BCUT2D eigenvalue weighted by atomic mass is 16.5. The maximum Gasteiger partial charge on any atom is 0.335 e. The first-order valence-electron chi connectivity index (χ1n) is 8.03. The van der Waals surface area contributed by atoms with E-state index in [1.54, 1.807) is 24.0 Å². The lowest BCUT2D eigenvalue weighted by Crippen LogP contribution is -2.47. The van der Waals surface area contributed by atoms with Gasteiger partial charge in [-0.25, -0.2) is 9.59 Å². The Kier molecular flexibility index (Phi) is 6.17. The first kappa shape index (κ1) is 17.8. The van der Waals surface area contributed by atoms with Gasteiger partial charge in [0.2, 0.25) is 0 Å². The molecule has 24 heavy (non-hydrogen) atoms. The molecule has 0 radical (unpaired) electrons. The van der Waals surface area contributed by atoms with Crippen LogP contribution in [0.3, 0.4) is 0 Å². The van der Waals surface area contributed by atoms with Crippen LogP contribution in [0.2, 0.25) is 0 Å². The van der Waals surface area contributed by atoms with Gasteiger partial charge in [-0.05, 0) is 37.5 Å². The van der Waals surface area contributed by atoms with Crippen molar-refractivity contribution in [2.45, 2.75) is 26.3 Å². The van der Waals surface area contributed by atoms with Crippen LogP contribution in [0, 0.1) is 5.92 Å². The number of amides is 2. The van der Waals surface area contributed by atoms with Crippen molar-refractivity contribution < 1.29 is 24.2 Å². The second kappa shape index (κ2) is 8.33. The van der Waals surface area contributed by atoms with Gasteiger partial charge in [0, 0.05) is 19.6 Å². The van der Waals surface area contributed by atoms with Crippen LogP contribution < -0.4 is 5.32 Å². The van der Waals surface area contributed by atoms with E-state index in [2.05, 4.69) is 5.32 Å². The molecule has 1 aliphatic heterocycles. The van der Waals surface area contributed by atoms with Gasteiger partial charge in [-0.15, -0.1) is 0 Å². The zero-order valence-corrected chi connectivity index (χ0v) is 13.7. The summed E-state index contributed by atoms with van der Waals surface area (Å²) in [6, 6.07) is 6.11. The van der Waals surface area contributed by atoms with Crippen LogP contribution in [0.5, 0.6) is 0 Å². The fraction of sp³-hybridized carbons (Fsp3) is 0.471. The standard InChI is InChI=1S/C17H22N2O5/c1-2-24-16(22)14-4-3-9-19(11-14)17(23)18-10-12-5-7-13(8-6-12)15(20)21/h5-8,14H,2-4,9-11H2,1H3,(H,18,23)(H,20,21)/t14-/m0/s1. The highest BCUT2D eigenvalue weighted by Crippen LogP contribution is 2.18. The summed E-state index contributed by atoms with van der Waals surface area (Å²) < 4.78 is 5.02. The predicted octanol–water partition coefficient (Wildman–Crippen LogP) is 1.87. The maximum absolute atomic E-state index is 12.2. The lowest BCUT2D eigenvalue weighted by Gasteiger charge is -2.31. The molecule has 0 unspecified atom stereocenters. The van der Waals surface area contributed by atoms with Crippen molar-refractivity contribution in [3.05, 3.63) is 35.4 Å². The first-order valence-corrected chi connectivity index (χ1v) is 8.03. The summed E-state index contributed by atoms with van der Waals surface area (Å²) >= 11 is 0. The molecule has 1 atom stereocenters. The average molecular weight is 334 g/mol. The second-order valence-corrected chi connectivity index (χ2v) is 5.70. The number of piperidine rings is 1. The number of benzene rings is 1. The Morgan fingerprint density at radius 1 is 1.29 bits per heavy atom. The first-order chi connectivity index (χ1) is 11.5. The predicted molar refractivity (Wildman–Crippen MR) is 86.6 cm³/mol. The van der Waals surface area contributed by atoms with Crippen LogP contribution in [-0.2, 0) is 16.1 Å². The molecule has 0 aliphatic carbocycles. The number of hydrogen-bond acceptors (Lipinski definition) is 4. The fourth-order valence-electron chi connectivity index (χ4n) is 2.67. The maximum atomic E-state index is 12.2. The third-order valence-corrected chi connectivity index (χ3v) is 3.97. The van der Waals surface area contributed by atoms with Gasteiger partial charge in [0.25, 0.3) is 0 Å². The highest BCUT2D eigenvalue weighted by Gasteiger charge is 2.29. The van der Waals surface area contributed by atoms with Gasteiger partial charge in [-0.3, -0.25) is 4.79 Å². The van der Waals surface area contributed by atoms with Gasteiger partial charge in [0.15, 0.2) is 0 Å². The summed E-state index contributed by atoms with van der Waals surface area (Å²) in [6.45, 7) is 3.39. The van der Waals surface area contributed by atoms with Crippen LogP contribution in [0.15, 0.2) is 24.3 Å². The summed E-state index contributed by atoms with van der Waals surface area (Å²) in [6.07, 6.45) is 1.50. The molecule has 1 saturated heterocycles. The molecule has 7 nitrogen and oxygen atoms in total. The fourth-order valence-corrected chi connectivity index (χ4v) is 2.67. The molecule has 2 amide bonds. The van der Waals surface area contributed by atoms with Crippen LogP contribution in [0.25, 0.3) is 0 Å². The number of carbonyl (C=O) groups excluding carboxylic acids is 2. The largest absolute Gasteiger partial charge is 0.478 e. The van der Waals surface area contributed by atoms with Crippen molar-refractivity contribution in [1.29, 1.82) is 0 Å². The van der Waals surface area contributed by atoms with Gasteiger partial charge in [-0.1, -0.05) is 12.1 Å². The molecular formula is C17H22N2O5. The molecule has 0 bridgehead atoms. The van der Waals surface area contributed by atoms with E-state index < -0.39 is 5.97 Å². The van der Waals surface area contributed by atoms with Gasteiger partial charge >= 0.3 is 18.0 Å². The zero-order valence-electron chi connectivity index (χ0n) is 13.7. The van der Waals surface area contributed by atoms with E-state index in [1.165, 1.54) is 12.1 Å². The quantitative estimate of drug-likeness (QED) is 0.802. The van der Waals surface area contributed by atoms with E-state index in [-0.39, 0.29) is 23.5 Å². The van der Waals surface area contributed by atoms with E-state index >= 15 is 0 Å². The molecule has 1 fully saturated rings. The Morgan fingerprint density at radius 3 is 2.62 bits per heavy atom. The number of aromatic carboxylic acids is 1. The van der Waals surface area contributed by atoms with Crippen LogP contribution in [0.1, 0.15) is 35.7 Å². The van der Waals surface area contributed by atoms with Crippen molar-refractivity contribution in [2.24, 2.45) is 5.92 Å². The Hall–Kier alpha value is -2.57. The summed E-state index contributed by atoms with van der Waals surface area (Å²) in [4.78, 5) is 36.5. The zero-order chi connectivity index (χ0) is 17.5. The monoisotopic (exact) mass is 334 g/mol. The number of nitrogens with zero attached hydrogens (tertiary/aromatic N) is 1. The normalized spacial score (nSPS) is 17.2. The van der Waals surface area contributed by atoms with E-state index in [1.807, 2.05) is 0 Å². The molecule has 2 rings (SSSR count). The average Bonchev–Trinajstić information content (AvgIpc) is 2.60. The molecule has 0 spiro atoms. The summed E-state index contributed by atoms with van der Waals surface area (Å²) in [7, 11) is 0. The van der Waals surface area contributed by atoms with Crippen LogP contribution in [-0.4, -0.2) is 47.7 Å². The smallest absolute Gasteiger partial charge is 0.335 e. The van der Waals surface area contributed by atoms with Crippen molar-refractivity contribution in [1.82, 2.24) is 10.2 Å². The van der Waals surface area contributed by atoms with Gasteiger partial charge < -0.3 is 20.1 Å². The number of hydrogen-bond donors (Lipinski definition) is 2. The third kappa shape index (κ3) is 4.71. The van der Waals surface area contributed by atoms with Crippen LogP contribution >= 0.6 is 0 Å².